The summed E-state index contributed by atoms with van der Waals surface area (Å²) < 4.78 is 59.5. The number of nitrogens with zero attached hydrogens (tertiary/aromatic N) is 1. The summed E-state index contributed by atoms with van der Waals surface area (Å²) in [5, 5.41) is 4.59. The first-order valence-corrected chi connectivity index (χ1v) is 7.95. The Morgan fingerprint density at radius 1 is 1.30 bits per heavy atom. The number of carbonyl (C=O) groups is 1. The van der Waals surface area contributed by atoms with Gasteiger partial charge in [-0.25, -0.2) is 12.7 Å². The minimum atomic E-state index is -4.42. The van der Waals surface area contributed by atoms with Gasteiger partial charge in [0.15, 0.2) is 0 Å². The number of piperidine rings is 1. The summed E-state index contributed by atoms with van der Waals surface area (Å²) in [6.07, 6.45) is -2.24. The van der Waals surface area contributed by atoms with Gasteiger partial charge in [-0.3, -0.25) is 4.79 Å². The Bertz CT molecular complexity index is 431. The van der Waals surface area contributed by atoms with Crippen LogP contribution in [0.5, 0.6) is 0 Å². The summed E-state index contributed by atoms with van der Waals surface area (Å²) in [4.78, 5) is 11.2. The summed E-state index contributed by atoms with van der Waals surface area (Å²) >= 11 is 0. The molecule has 20 heavy (non-hydrogen) atoms. The molecule has 1 aliphatic rings. The number of alkyl halides is 3. The molecule has 0 saturated carbocycles. The summed E-state index contributed by atoms with van der Waals surface area (Å²) in [6, 6.07) is -0.0652. The lowest BCUT2D eigenvalue weighted by Gasteiger charge is -2.30. The largest absolute Gasteiger partial charge is 0.405 e. The van der Waals surface area contributed by atoms with E-state index >= 15 is 0 Å². The fourth-order valence-corrected chi connectivity index (χ4v) is 2.76. The number of hydrogen-bond donors (Lipinski definition) is 2. The fraction of sp³-hybridized carbons (Fsp3) is 0.900. The Morgan fingerprint density at radius 3 is 2.30 bits per heavy atom. The van der Waals surface area contributed by atoms with E-state index in [2.05, 4.69) is 5.32 Å². The van der Waals surface area contributed by atoms with Crippen molar-refractivity contribution in [3.8, 4) is 0 Å². The molecule has 1 saturated heterocycles. The minimum Gasteiger partial charge on any atom is -0.346 e. The van der Waals surface area contributed by atoms with E-state index in [1.807, 2.05) is 0 Å². The Kier molecular flexibility index (Phi) is 5.78. The summed E-state index contributed by atoms with van der Waals surface area (Å²) in [7, 11) is -3.20. The van der Waals surface area contributed by atoms with Gasteiger partial charge in [-0.1, -0.05) is 0 Å². The van der Waals surface area contributed by atoms with Crippen molar-refractivity contribution in [3.63, 3.8) is 0 Å². The van der Waals surface area contributed by atoms with Crippen LogP contribution in [-0.4, -0.2) is 63.3 Å². The van der Waals surface area contributed by atoms with Crippen LogP contribution in [0.25, 0.3) is 0 Å². The predicted octanol–water partition coefficient (Wildman–Crippen LogP) is -0.321. The number of carbonyl (C=O) groups excluding carboxylic acids is 1. The van der Waals surface area contributed by atoms with E-state index < -0.39 is 28.7 Å². The number of halogens is 3. The van der Waals surface area contributed by atoms with Gasteiger partial charge < -0.3 is 10.6 Å². The minimum absolute atomic E-state index is 0.0652. The average molecular weight is 317 g/mol. The molecule has 1 heterocycles. The second-order valence-corrected chi connectivity index (χ2v) is 6.69. The molecule has 1 amide bonds. The maximum absolute atomic E-state index is 11.9. The van der Waals surface area contributed by atoms with E-state index in [4.69, 9.17) is 0 Å². The highest BCUT2D eigenvalue weighted by Crippen LogP contribution is 2.13. The van der Waals surface area contributed by atoms with Gasteiger partial charge in [-0.15, -0.1) is 0 Å². The molecule has 1 aliphatic heterocycles. The molecule has 6 nitrogen and oxygen atoms in total. The number of amides is 1. The van der Waals surface area contributed by atoms with Gasteiger partial charge in [0, 0.05) is 19.1 Å². The van der Waals surface area contributed by atoms with Crippen molar-refractivity contribution in [2.75, 3.05) is 32.4 Å². The molecular formula is C10H18F3N3O3S. The maximum atomic E-state index is 11.9. The van der Waals surface area contributed by atoms with Crippen LogP contribution in [0.2, 0.25) is 0 Å². The van der Waals surface area contributed by atoms with Gasteiger partial charge in [0.2, 0.25) is 15.9 Å². The van der Waals surface area contributed by atoms with Crippen LogP contribution in [0.3, 0.4) is 0 Å². The summed E-state index contributed by atoms with van der Waals surface area (Å²) in [6.45, 7) is -0.860. The topological polar surface area (TPSA) is 78.5 Å². The molecule has 118 valence electrons. The SMILES string of the molecule is CS(=O)(=O)N1CCC(NCC(=O)NCC(F)(F)F)CC1. The Hall–Kier alpha value is -0.870. The molecule has 0 aromatic carbocycles. The Balaban J connectivity index is 2.23. The Labute approximate surface area is 115 Å². The lowest BCUT2D eigenvalue weighted by atomic mass is 10.1. The van der Waals surface area contributed by atoms with Crippen LogP contribution in [0.15, 0.2) is 0 Å². The molecule has 0 bridgehead atoms. The first-order chi connectivity index (χ1) is 9.08. The second kappa shape index (κ2) is 6.72. The molecule has 1 rings (SSSR count). The molecular weight excluding hydrogens is 299 g/mol. The normalized spacial score (nSPS) is 19.0. The molecule has 1 fully saturated rings. The highest BCUT2D eigenvalue weighted by molar-refractivity contribution is 7.88. The van der Waals surface area contributed by atoms with Crippen molar-refractivity contribution >= 4 is 15.9 Å². The number of rotatable bonds is 5. The molecule has 0 aromatic rings. The molecule has 0 radical (unpaired) electrons. The molecule has 0 atom stereocenters. The summed E-state index contributed by atoms with van der Waals surface area (Å²) in [5.74, 6) is -0.729. The second-order valence-electron chi connectivity index (χ2n) is 4.71. The maximum Gasteiger partial charge on any atom is 0.405 e. The van der Waals surface area contributed by atoms with Crippen molar-refractivity contribution in [2.24, 2.45) is 0 Å². The van der Waals surface area contributed by atoms with E-state index in [9.17, 15) is 26.4 Å². The van der Waals surface area contributed by atoms with Crippen LogP contribution in [0, 0.1) is 0 Å². The lowest BCUT2D eigenvalue weighted by molar-refractivity contribution is -0.138. The third kappa shape index (κ3) is 6.53. The van der Waals surface area contributed by atoms with Crippen molar-refractivity contribution in [1.29, 1.82) is 0 Å². The van der Waals surface area contributed by atoms with Crippen molar-refractivity contribution < 1.29 is 26.4 Å². The molecule has 0 unspecified atom stereocenters. The molecule has 0 spiro atoms. The highest BCUT2D eigenvalue weighted by Gasteiger charge is 2.28. The zero-order valence-corrected chi connectivity index (χ0v) is 11.9. The first-order valence-electron chi connectivity index (χ1n) is 6.10. The van der Waals surface area contributed by atoms with Gasteiger partial charge in [0.25, 0.3) is 0 Å². The third-order valence-electron chi connectivity index (χ3n) is 2.96. The highest BCUT2D eigenvalue weighted by atomic mass is 32.2. The van der Waals surface area contributed by atoms with Gasteiger partial charge in [-0.05, 0) is 12.8 Å². The molecule has 0 aromatic heterocycles. The van der Waals surface area contributed by atoms with E-state index in [0.717, 1.165) is 6.26 Å². The van der Waals surface area contributed by atoms with Gasteiger partial charge in [0.1, 0.15) is 6.54 Å². The van der Waals surface area contributed by atoms with E-state index in [0.29, 0.717) is 25.9 Å². The monoisotopic (exact) mass is 317 g/mol. The van der Waals surface area contributed by atoms with Gasteiger partial charge in [-0.2, -0.15) is 13.2 Å². The van der Waals surface area contributed by atoms with E-state index in [-0.39, 0.29) is 12.6 Å². The standard InChI is InChI=1S/C10H18F3N3O3S/c1-20(18,19)16-4-2-8(3-5-16)14-6-9(17)15-7-10(11,12)13/h8,14H,2-7H2,1H3,(H,15,17). The summed E-state index contributed by atoms with van der Waals surface area (Å²) in [5.41, 5.74) is 0. The zero-order valence-electron chi connectivity index (χ0n) is 11.0. The van der Waals surface area contributed by atoms with Crippen molar-refractivity contribution in [3.05, 3.63) is 0 Å². The van der Waals surface area contributed by atoms with Crippen LogP contribution < -0.4 is 10.6 Å². The average Bonchev–Trinajstić information content (AvgIpc) is 2.32. The van der Waals surface area contributed by atoms with Gasteiger partial charge in [0.05, 0.1) is 12.8 Å². The Morgan fingerprint density at radius 2 is 1.85 bits per heavy atom. The van der Waals surface area contributed by atoms with Crippen LogP contribution in [0.4, 0.5) is 13.2 Å². The van der Waals surface area contributed by atoms with E-state index in [1.54, 1.807) is 5.32 Å². The number of hydrogen-bond acceptors (Lipinski definition) is 4. The zero-order chi connectivity index (χ0) is 15.4. The molecule has 10 heteroatoms. The quantitative estimate of drug-likeness (QED) is 0.728. The van der Waals surface area contributed by atoms with Crippen LogP contribution in [0.1, 0.15) is 12.8 Å². The predicted molar refractivity (Wildman–Crippen MR) is 66.5 cm³/mol. The number of sulfonamides is 1. The van der Waals surface area contributed by atoms with Crippen molar-refractivity contribution in [2.45, 2.75) is 25.1 Å². The first kappa shape index (κ1) is 17.2. The third-order valence-corrected chi connectivity index (χ3v) is 4.26. The molecule has 2 N–H and O–H groups in total. The van der Waals surface area contributed by atoms with Crippen molar-refractivity contribution in [1.82, 2.24) is 14.9 Å². The lowest BCUT2D eigenvalue weighted by Crippen LogP contribution is -2.47. The van der Waals surface area contributed by atoms with E-state index in [1.165, 1.54) is 4.31 Å². The number of nitrogens with one attached hydrogen (secondary N) is 2. The van der Waals surface area contributed by atoms with Crippen LogP contribution in [-0.2, 0) is 14.8 Å². The van der Waals surface area contributed by atoms with Gasteiger partial charge >= 0.3 is 6.18 Å². The molecule has 0 aliphatic carbocycles. The fourth-order valence-electron chi connectivity index (χ4n) is 1.89. The smallest absolute Gasteiger partial charge is 0.346 e. The van der Waals surface area contributed by atoms with Crippen LogP contribution >= 0.6 is 0 Å².